The first-order valence-electron chi connectivity index (χ1n) is 10.8. The van der Waals surface area contributed by atoms with Crippen molar-refractivity contribution in [2.75, 3.05) is 13.2 Å². The fourth-order valence-electron chi connectivity index (χ4n) is 3.11. The number of nitrogens with two attached hydrogens (primary N) is 1. The molecule has 0 aliphatic rings. The maximum Gasteiger partial charge on any atom is 0.258 e. The van der Waals surface area contributed by atoms with Crippen molar-refractivity contribution in [1.82, 2.24) is 20.7 Å². The highest BCUT2D eigenvalue weighted by atomic mass is 16.5. The van der Waals surface area contributed by atoms with Gasteiger partial charge < -0.3 is 25.6 Å². The van der Waals surface area contributed by atoms with Gasteiger partial charge in [0.15, 0.2) is 24.1 Å². The van der Waals surface area contributed by atoms with Crippen LogP contribution in [0.15, 0.2) is 47.5 Å². The number of fused-ring (bicyclic) bond motifs is 1. The number of nitrogens with one attached hydrogen (secondary N) is 3. The van der Waals surface area contributed by atoms with Crippen LogP contribution in [-0.2, 0) is 4.79 Å². The van der Waals surface area contributed by atoms with Gasteiger partial charge in [0.25, 0.3) is 5.91 Å². The van der Waals surface area contributed by atoms with Gasteiger partial charge in [-0.05, 0) is 58.0 Å². The lowest BCUT2D eigenvalue weighted by Gasteiger charge is -2.20. The summed E-state index contributed by atoms with van der Waals surface area (Å²) in [6, 6.07) is 12.6. The molecule has 5 N–H and O–H groups in total. The Labute approximate surface area is 198 Å². The summed E-state index contributed by atoms with van der Waals surface area (Å²) in [5, 5.41) is 11.0. The van der Waals surface area contributed by atoms with Crippen LogP contribution in [0.25, 0.3) is 22.3 Å². The Morgan fingerprint density at radius 3 is 2.59 bits per heavy atom. The molecule has 0 unspecified atom stereocenters. The first kappa shape index (κ1) is 24.6. The molecule has 0 spiro atoms. The number of aromatic nitrogens is 2. The number of carbonyl (C=O) groups excluding carboxylic acids is 1. The normalized spacial score (nSPS) is 11.7. The van der Waals surface area contributed by atoms with Crippen LogP contribution in [0.2, 0.25) is 0 Å². The lowest BCUT2D eigenvalue weighted by molar-refractivity contribution is -0.124. The van der Waals surface area contributed by atoms with E-state index in [1.54, 1.807) is 24.3 Å². The molecule has 0 aliphatic heterocycles. The van der Waals surface area contributed by atoms with Gasteiger partial charge in [0, 0.05) is 16.5 Å². The summed E-state index contributed by atoms with van der Waals surface area (Å²) in [7, 11) is 0. The van der Waals surface area contributed by atoms with Crippen LogP contribution in [-0.4, -0.2) is 46.7 Å². The van der Waals surface area contributed by atoms with Crippen LogP contribution in [0.5, 0.6) is 11.5 Å². The summed E-state index contributed by atoms with van der Waals surface area (Å²) in [6.07, 6.45) is 0.997. The van der Waals surface area contributed by atoms with Gasteiger partial charge in [0.1, 0.15) is 11.5 Å². The third kappa shape index (κ3) is 6.48. The standard InChI is InChI=1S/C24H29N7O3/c1-5-33-17-9-10-19-18(12-17)23(28-20(13-25)31-26)29-22(27-19)15-7-6-8-16(11-15)34-14-21(32)30-24(2,3)4/h6-13,25H,5,14,26H2,1-4H3,(H,30,32)(H,27,28,29,31). The van der Waals surface area contributed by atoms with Crippen LogP contribution >= 0.6 is 0 Å². The first-order chi connectivity index (χ1) is 16.2. The SMILES string of the molecule is CCOc1ccc2nc(-c3cccc(OCC(=O)NC(C)(C)C)c3)nc(N=C(C=N)NN)c2c1. The van der Waals surface area contributed by atoms with E-state index in [0.29, 0.717) is 46.2 Å². The van der Waals surface area contributed by atoms with Gasteiger partial charge in [-0.15, -0.1) is 0 Å². The number of nitrogens with zero attached hydrogens (tertiary/aromatic N) is 3. The Kier molecular flexibility index (Phi) is 7.75. The average molecular weight is 464 g/mol. The molecule has 0 fully saturated rings. The van der Waals surface area contributed by atoms with Crippen LogP contribution < -0.4 is 26.1 Å². The molecule has 0 radical (unpaired) electrons. The Morgan fingerprint density at radius 1 is 1.15 bits per heavy atom. The third-order valence-corrected chi connectivity index (χ3v) is 4.45. The number of hydrogen-bond acceptors (Lipinski definition) is 8. The number of hydrogen-bond donors (Lipinski definition) is 4. The van der Waals surface area contributed by atoms with Crippen molar-refractivity contribution in [2.45, 2.75) is 33.2 Å². The van der Waals surface area contributed by atoms with Gasteiger partial charge in [-0.1, -0.05) is 12.1 Å². The fraction of sp³-hybridized carbons (Fsp3) is 0.292. The minimum atomic E-state index is -0.339. The molecule has 1 heterocycles. The molecule has 10 heteroatoms. The Hall–Kier alpha value is -4.05. The van der Waals surface area contributed by atoms with Gasteiger partial charge in [0.2, 0.25) is 0 Å². The van der Waals surface area contributed by atoms with E-state index in [0.717, 1.165) is 6.21 Å². The van der Waals surface area contributed by atoms with Crippen LogP contribution in [0.1, 0.15) is 27.7 Å². The van der Waals surface area contributed by atoms with Crippen LogP contribution in [0.3, 0.4) is 0 Å². The molecular weight excluding hydrogens is 434 g/mol. The first-order valence-corrected chi connectivity index (χ1v) is 10.8. The molecule has 34 heavy (non-hydrogen) atoms. The van der Waals surface area contributed by atoms with Gasteiger partial charge in [-0.2, -0.15) is 0 Å². The summed E-state index contributed by atoms with van der Waals surface area (Å²) < 4.78 is 11.3. The predicted octanol–water partition coefficient (Wildman–Crippen LogP) is 3.13. The molecule has 178 valence electrons. The predicted molar refractivity (Wildman–Crippen MR) is 133 cm³/mol. The van der Waals surface area contributed by atoms with Crippen molar-refractivity contribution in [3.05, 3.63) is 42.5 Å². The van der Waals surface area contributed by atoms with E-state index in [9.17, 15) is 4.79 Å². The molecule has 3 rings (SSSR count). The minimum absolute atomic E-state index is 0.111. The monoisotopic (exact) mass is 463 g/mol. The minimum Gasteiger partial charge on any atom is -0.494 e. The zero-order chi connectivity index (χ0) is 24.7. The number of rotatable bonds is 8. The summed E-state index contributed by atoms with van der Waals surface area (Å²) >= 11 is 0. The Balaban J connectivity index is 1.98. The second-order valence-corrected chi connectivity index (χ2v) is 8.38. The molecule has 1 aromatic heterocycles. The van der Waals surface area contributed by atoms with Crippen molar-refractivity contribution in [3.63, 3.8) is 0 Å². The van der Waals surface area contributed by atoms with Crippen molar-refractivity contribution in [2.24, 2.45) is 10.8 Å². The maximum atomic E-state index is 12.1. The number of amidine groups is 1. The van der Waals surface area contributed by atoms with E-state index < -0.39 is 0 Å². The van der Waals surface area contributed by atoms with Crippen molar-refractivity contribution in [1.29, 1.82) is 5.41 Å². The van der Waals surface area contributed by atoms with Gasteiger partial charge >= 0.3 is 0 Å². The number of benzene rings is 2. The summed E-state index contributed by atoms with van der Waals surface area (Å²) in [5.41, 5.74) is 3.36. The Morgan fingerprint density at radius 2 is 1.91 bits per heavy atom. The van der Waals surface area contributed by atoms with E-state index in [1.165, 1.54) is 0 Å². The zero-order valence-corrected chi connectivity index (χ0v) is 19.7. The van der Waals surface area contributed by atoms with E-state index in [-0.39, 0.29) is 23.9 Å². The number of aliphatic imine (C=N–C) groups is 1. The second-order valence-electron chi connectivity index (χ2n) is 8.38. The summed E-state index contributed by atoms with van der Waals surface area (Å²) in [6.45, 7) is 8.02. The van der Waals surface area contributed by atoms with E-state index in [4.69, 9.17) is 20.7 Å². The van der Waals surface area contributed by atoms with E-state index in [2.05, 4.69) is 25.7 Å². The number of ether oxygens (including phenoxy) is 2. The zero-order valence-electron chi connectivity index (χ0n) is 19.7. The second kappa shape index (κ2) is 10.7. The molecule has 0 bridgehead atoms. The molecule has 2 aromatic carbocycles. The van der Waals surface area contributed by atoms with Crippen molar-refractivity contribution >= 4 is 34.7 Å². The van der Waals surface area contributed by atoms with E-state index in [1.807, 2.05) is 45.9 Å². The molecule has 3 aromatic rings. The smallest absolute Gasteiger partial charge is 0.258 e. The third-order valence-electron chi connectivity index (χ3n) is 4.45. The lowest BCUT2D eigenvalue weighted by atomic mass is 10.1. The fourth-order valence-corrected chi connectivity index (χ4v) is 3.11. The maximum absolute atomic E-state index is 12.1. The Bertz CT molecular complexity index is 1220. The molecule has 0 saturated carbocycles. The highest BCUT2D eigenvalue weighted by Crippen LogP contribution is 2.31. The number of amides is 1. The van der Waals surface area contributed by atoms with Crippen LogP contribution in [0.4, 0.5) is 5.82 Å². The largest absolute Gasteiger partial charge is 0.494 e. The highest BCUT2D eigenvalue weighted by Gasteiger charge is 2.15. The molecule has 1 amide bonds. The summed E-state index contributed by atoms with van der Waals surface area (Å²) in [4.78, 5) is 25.7. The number of carbonyl (C=O) groups is 1. The molecule has 0 atom stereocenters. The summed E-state index contributed by atoms with van der Waals surface area (Å²) in [5.74, 6) is 7.28. The van der Waals surface area contributed by atoms with Gasteiger partial charge in [-0.3, -0.25) is 4.79 Å². The average Bonchev–Trinajstić information content (AvgIpc) is 2.80. The van der Waals surface area contributed by atoms with Crippen LogP contribution in [0, 0.1) is 5.41 Å². The topological polar surface area (TPSA) is 148 Å². The lowest BCUT2D eigenvalue weighted by Crippen LogP contribution is -2.43. The van der Waals surface area contributed by atoms with Crippen molar-refractivity contribution < 1.29 is 14.3 Å². The molecule has 0 aliphatic carbocycles. The van der Waals surface area contributed by atoms with Gasteiger partial charge in [-0.25, -0.2) is 20.8 Å². The van der Waals surface area contributed by atoms with Gasteiger partial charge in [0.05, 0.1) is 18.3 Å². The molecule has 10 nitrogen and oxygen atoms in total. The highest BCUT2D eigenvalue weighted by molar-refractivity contribution is 6.28. The number of hydrazine groups is 1. The molecule has 0 saturated heterocycles. The van der Waals surface area contributed by atoms with E-state index >= 15 is 0 Å². The van der Waals surface area contributed by atoms with Crippen molar-refractivity contribution in [3.8, 4) is 22.9 Å². The molecular formula is C24H29N7O3. The quantitative estimate of drug-likeness (QED) is 0.174.